The number of carbonyl (C=O) groups excluding carboxylic acids is 1. The first-order chi connectivity index (χ1) is 6.18. The molecule has 0 atom stereocenters. The maximum atomic E-state index is 11.2. The maximum absolute atomic E-state index is 11.2. The van der Waals surface area contributed by atoms with Crippen LogP contribution in [-0.2, 0) is 11.2 Å². The van der Waals surface area contributed by atoms with Gasteiger partial charge in [-0.15, -0.1) is 0 Å². The molecule has 0 saturated heterocycles. The maximum Gasteiger partial charge on any atom is 0.226 e. The van der Waals surface area contributed by atoms with E-state index < -0.39 is 0 Å². The number of carbonyl (C=O) groups is 1. The predicted octanol–water partition coefficient (Wildman–Crippen LogP) is 0.544. The van der Waals surface area contributed by atoms with Crippen molar-refractivity contribution in [1.82, 2.24) is 15.3 Å². The standard InChI is InChI=1S/C9H13N3O/c1-7(2)12-9(13)5-8-6-10-3-4-11-8/h3-4,6-7H,5H2,1-2H3,(H,12,13). The van der Waals surface area contributed by atoms with Crippen LogP contribution < -0.4 is 5.32 Å². The van der Waals surface area contributed by atoms with Gasteiger partial charge in [0.25, 0.3) is 0 Å². The Morgan fingerprint density at radius 2 is 2.31 bits per heavy atom. The number of rotatable bonds is 3. The quantitative estimate of drug-likeness (QED) is 0.737. The van der Waals surface area contributed by atoms with Crippen LogP contribution in [0.15, 0.2) is 18.6 Å². The van der Waals surface area contributed by atoms with Crippen LogP contribution >= 0.6 is 0 Å². The van der Waals surface area contributed by atoms with E-state index in [1.807, 2.05) is 13.8 Å². The summed E-state index contributed by atoms with van der Waals surface area (Å²) in [4.78, 5) is 19.1. The zero-order valence-electron chi connectivity index (χ0n) is 7.82. The molecule has 0 saturated carbocycles. The third kappa shape index (κ3) is 3.64. The fraction of sp³-hybridized carbons (Fsp3) is 0.444. The van der Waals surface area contributed by atoms with Gasteiger partial charge in [-0.1, -0.05) is 0 Å². The third-order valence-electron chi connectivity index (χ3n) is 1.41. The molecule has 0 bridgehead atoms. The first-order valence-corrected chi connectivity index (χ1v) is 4.22. The fourth-order valence-corrected chi connectivity index (χ4v) is 0.959. The van der Waals surface area contributed by atoms with Crippen LogP contribution in [0.5, 0.6) is 0 Å². The highest BCUT2D eigenvalue weighted by Gasteiger charge is 2.04. The van der Waals surface area contributed by atoms with Crippen molar-refractivity contribution in [1.29, 1.82) is 0 Å². The van der Waals surface area contributed by atoms with Crippen LogP contribution in [-0.4, -0.2) is 21.9 Å². The van der Waals surface area contributed by atoms with Crippen LogP contribution in [0.1, 0.15) is 19.5 Å². The highest BCUT2D eigenvalue weighted by molar-refractivity contribution is 5.78. The smallest absolute Gasteiger partial charge is 0.226 e. The van der Waals surface area contributed by atoms with Gasteiger partial charge >= 0.3 is 0 Å². The van der Waals surface area contributed by atoms with Gasteiger partial charge in [0.05, 0.1) is 12.1 Å². The number of nitrogens with zero attached hydrogens (tertiary/aromatic N) is 2. The van der Waals surface area contributed by atoms with Gasteiger partial charge in [-0.05, 0) is 13.8 Å². The minimum atomic E-state index is -0.0181. The van der Waals surface area contributed by atoms with E-state index in [1.165, 1.54) is 0 Å². The van der Waals surface area contributed by atoms with Crippen LogP contribution in [0.4, 0.5) is 0 Å². The topological polar surface area (TPSA) is 54.9 Å². The molecule has 13 heavy (non-hydrogen) atoms. The van der Waals surface area contributed by atoms with Gasteiger partial charge < -0.3 is 5.32 Å². The summed E-state index contributed by atoms with van der Waals surface area (Å²) in [5.41, 5.74) is 0.695. The summed E-state index contributed by atoms with van der Waals surface area (Å²) in [6, 6.07) is 0.171. The second-order valence-electron chi connectivity index (χ2n) is 3.10. The lowest BCUT2D eigenvalue weighted by molar-refractivity contribution is -0.120. The molecule has 0 aliphatic carbocycles. The summed E-state index contributed by atoms with van der Waals surface area (Å²) >= 11 is 0. The molecule has 1 aromatic heterocycles. The van der Waals surface area contributed by atoms with Gasteiger partial charge in [-0.25, -0.2) is 0 Å². The van der Waals surface area contributed by atoms with E-state index in [-0.39, 0.29) is 11.9 Å². The molecule has 1 aromatic rings. The van der Waals surface area contributed by atoms with E-state index in [0.29, 0.717) is 12.1 Å². The Bertz CT molecular complexity index is 271. The molecular weight excluding hydrogens is 166 g/mol. The summed E-state index contributed by atoms with van der Waals surface area (Å²) in [6.07, 6.45) is 5.06. The van der Waals surface area contributed by atoms with E-state index in [0.717, 1.165) is 0 Å². The minimum absolute atomic E-state index is 0.0181. The molecule has 0 aliphatic rings. The third-order valence-corrected chi connectivity index (χ3v) is 1.41. The Kier molecular flexibility index (Phi) is 3.37. The largest absolute Gasteiger partial charge is 0.354 e. The molecule has 0 aromatic carbocycles. The van der Waals surface area contributed by atoms with Crippen molar-refractivity contribution in [3.05, 3.63) is 24.3 Å². The average Bonchev–Trinajstić information content (AvgIpc) is 2.04. The molecule has 0 aliphatic heterocycles. The molecule has 0 unspecified atom stereocenters. The van der Waals surface area contributed by atoms with Crippen molar-refractivity contribution < 1.29 is 4.79 Å². The molecule has 0 spiro atoms. The van der Waals surface area contributed by atoms with Crippen molar-refractivity contribution in [2.45, 2.75) is 26.3 Å². The number of aromatic nitrogens is 2. The zero-order chi connectivity index (χ0) is 9.68. The average molecular weight is 179 g/mol. The Morgan fingerprint density at radius 1 is 1.54 bits per heavy atom. The predicted molar refractivity (Wildman–Crippen MR) is 49.0 cm³/mol. The second kappa shape index (κ2) is 4.54. The number of nitrogens with one attached hydrogen (secondary N) is 1. The van der Waals surface area contributed by atoms with Crippen LogP contribution in [0, 0.1) is 0 Å². The lowest BCUT2D eigenvalue weighted by Gasteiger charge is -2.06. The first-order valence-electron chi connectivity index (χ1n) is 4.22. The van der Waals surface area contributed by atoms with E-state index in [2.05, 4.69) is 15.3 Å². The number of hydrogen-bond acceptors (Lipinski definition) is 3. The molecule has 1 rings (SSSR count). The normalized spacial score (nSPS) is 10.1. The van der Waals surface area contributed by atoms with Gasteiger partial charge in [0.15, 0.2) is 0 Å². The van der Waals surface area contributed by atoms with Crippen LogP contribution in [0.2, 0.25) is 0 Å². The second-order valence-corrected chi connectivity index (χ2v) is 3.10. The van der Waals surface area contributed by atoms with Crippen molar-refractivity contribution in [3.8, 4) is 0 Å². The Hall–Kier alpha value is -1.45. The molecule has 70 valence electrons. The lowest BCUT2D eigenvalue weighted by atomic mass is 10.3. The first kappa shape index (κ1) is 9.64. The summed E-state index contributed by atoms with van der Waals surface area (Å²) in [5, 5.41) is 2.78. The molecule has 1 N–H and O–H groups in total. The molecule has 1 amide bonds. The molecule has 4 nitrogen and oxygen atoms in total. The van der Waals surface area contributed by atoms with E-state index in [1.54, 1.807) is 18.6 Å². The van der Waals surface area contributed by atoms with Crippen LogP contribution in [0.25, 0.3) is 0 Å². The van der Waals surface area contributed by atoms with E-state index >= 15 is 0 Å². The molecular formula is C9H13N3O. The number of amides is 1. The monoisotopic (exact) mass is 179 g/mol. The summed E-state index contributed by atoms with van der Waals surface area (Å²) in [7, 11) is 0. The fourth-order valence-electron chi connectivity index (χ4n) is 0.959. The highest BCUT2D eigenvalue weighted by atomic mass is 16.1. The summed E-state index contributed by atoms with van der Waals surface area (Å²) in [6.45, 7) is 3.85. The summed E-state index contributed by atoms with van der Waals surface area (Å²) < 4.78 is 0. The Balaban J connectivity index is 2.46. The molecule has 0 radical (unpaired) electrons. The van der Waals surface area contributed by atoms with E-state index in [9.17, 15) is 4.79 Å². The van der Waals surface area contributed by atoms with Gasteiger partial charge in [0, 0.05) is 24.6 Å². The van der Waals surface area contributed by atoms with Gasteiger partial charge in [-0.3, -0.25) is 14.8 Å². The van der Waals surface area contributed by atoms with Gasteiger partial charge in [0.1, 0.15) is 0 Å². The lowest BCUT2D eigenvalue weighted by Crippen LogP contribution is -2.31. The van der Waals surface area contributed by atoms with Crippen LogP contribution in [0.3, 0.4) is 0 Å². The SMILES string of the molecule is CC(C)NC(=O)Cc1cnccn1. The zero-order valence-corrected chi connectivity index (χ0v) is 7.82. The Morgan fingerprint density at radius 3 is 2.85 bits per heavy atom. The van der Waals surface area contributed by atoms with E-state index in [4.69, 9.17) is 0 Å². The van der Waals surface area contributed by atoms with Crippen molar-refractivity contribution >= 4 is 5.91 Å². The minimum Gasteiger partial charge on any atom is -0.354 e. The van der Waals surface area contributed by atoms with Crippen molar-refractivity contribution in [3.63, 3.8) is 0 Å². The number of hydrogen-bond donors (Lipinski definition) is 1. The molecule has 4 heteroatoms. The van der Waals surface area contributed by atoms with Crippen molar-refractivity contribution in [2.24, 2.45) is 0 Å². The molecule has 1 heterocycles. The van der Waals surface area contributed by atoms with Gasteiger partial charge in [0.2, 0.25) is 5.91 Å². The molecule has 0 fully saturated rings. The van der Waals surface area contributed by atoms with Gasteiger partial charge in [-0.2, -0.15) is 0 Å². The highest BCUT2D eigenvalue weighted by Crippen LogP contribution is 1.92. The Labute approximate surface area is 77.4 Å². The van der Waals surface area contributed by atoms with Crippen molar-refractivity contribution in [2.75, 3.05) is 0 Å². The summed E-state index contributed by atoms with van der Waals surface area (Å²) in [5.74, 6) is -0.0181.